The van der Waals surface area contributed by atoms with Gasteiger partial charge < -0.3 is 9.47 Å². The van der Waals surface area contributed by atoms with Crippen LogP contribution in [0.5, 0.6) is 0 Å². The maximum Gasteiger partial charge on any atom is 0.253 e. The number of likely N-dealkylation sites (tertiary alicyclic amines) is 1. The number of aromatic nitrogens is 1. The van der Waals surface area contributed by atoms with Gasteiger partial charge in [-0.15, -0.1) is 11.3 Å². The fraction of sp³-hybridized carbons (Fsp3) is 0.353. The van der Waals surface area contributed by atoms with Crippen molar-refractivity contribution in [3.63, 3.8) is 0 Å². The second kappa shape index (κ2) is 7.32. The summed E-state index contributed by atoms with van der Waals surface area (Å²) in [6.07, 6.45) is 3.44. The molecule has 1 aliphatic heterocycles. The Hall–Kier alpha value is -1.92. The van der Waals surface area contributed by atoms with Crippen LogP contribution in [0, 0.1) is 5.92 Å². The molecule has 1 aromatic carbocycles. The Kier molecular flexibility index (Phi) is 5.16. The predicted octanol–water partition coefficient (Wildman–Crippen LogP) is 2.72. The summed E-state index contributed by atoms with van der Waals surface area (Å²) in [7, 11) is 1.86. The average Bonchev–Trinajstić information content (AvgIpc) is 3.00. The van der Waals surface area contributed by atoms with E-state index in [1.807, 2.05) is 23.2 Å². The van der Waals surface area contributed by atoms with Crippen molar-refractivity contribution >= 4 is 34.8 Å². The highest BCUT2D eigenvalue weighted by molar-refractivity contribution is 7.07. The molecular formula is C17H18ClN3O2S. The summed E-state index contributed by atoms with van der Waals surface area (Å²) in [5, 5.41) is 2.49. The zero-order chi connectivity index (χ0) is 17.1. The van der Waals surface area contributed by atoms with E-state index >= 15 is 0 Å². The number of rotatable bonds is 2. The Balaban J connectivity index is 1.72. The maximum atomic E-state index is 12.6. The standard InChI is InChI=1S/C17H18ClN3O2S/c1-20-9-10-24-17(20)19-15(22)13-3-2-8-21(11-13)16(23)12-4-6-14(18)7-5-12/h4-7,9-10,13H,2-3,8,11H2,1H3. The first-order valence-electron chi connectivity index (χ1n) is 7.78. The summed E-state index contributed by atoms with van der Waals surface area (Å²) >= 11 is 7.29. The van der Waals surface area contributed by atoms with Crippen molar-refractivity contribution in [3.8, 4) is 0 Å². The van der Waals surface area contributed by atoms with Crippen molar-refractivity contribution in [1.82, 2.24) is 9.47 Å². The normalized spacial score (nSPS) is 18.7. The number of benzene rings is 1. The molecule has 1 aromatic heterocycles. The van der Waals surface area contributed by atoms with Gasteiger partial charge in [-0.05, 0) is 37.1 Å². The lowest BCUT2D eigenvalue weighted by molar-refractivity contribution is -0.123. The van der Waals surface area contributed by atoms with Gasteiger partial charge in [-0.25, -0.2) is 0 Å². The molecule has 3 rings (SSSR count). The van der Waals surface area contributed by atoms with Crippen molar-refractivity contribution in [2.45, 2.75) is 12.8 Å². The summed E-state index contributed by atoms with van der Waals surface area (Å²) in [4.78, 5) is 31.7. The van der Waals surface area contributed by atoms with Gasteiger partial charge in [0.2, 0.25) is 0 Å². The van der Waals surface area contributed by atoms with Gasteiger partial charge in [0.1, 0.15) is 0 Å². The first-order valence-corrected chi connectivity index (χ1v) is 9.04. The molecule has 1 saturated heterocycles. The van der Waals surface area contributed by atoms with Crippen molar-refractivity contribution in [2.75, 3.05) is 13.1 Å². The largest absolute Gasteiger partial charge is 0.338 e. The topological polar surface area (TPSA) is 54.7 Å². The van der Waals surface area contributed by atoms with Gasteiger partial charge in [-0.1, -0.05) is 11.6 Å². The van der Waals surface area contributed by atoms with E-state index in [1.54, 1.807) is 29.2 Å². The lowest BCUT2D eigenvalue weighted by Crippen LogP contribution is -2.42. The van der Waals surface area contributed by atoms with Crippen LogP contribution in [0.15, 0.2) is 40.8 Å². The summed E-state index contributed by atoms with van der Waals surface area (Å²) in [5.41, 5.74) is 0.592. The number of hydrogen-bond donors (Lipinski definition) is 0. The van der Waals surface area contributed by atoms with Crippen LogP contribution >= 0.6 is 22.9 Å². The van der Waals surface area contributed by atoms with Crippen LogP contribution in [0.2, 0.25) is 5.02 Å². The van der Waals surface area contributed by atoms with Crippen LogP contribution in [0.3, 0.4) is 0 Å². The van der Waals surface area contributed by atoms with E-state index < -0.39 is 0 Å². The fourth-order valence-corrected chi connectivity index (χ4v) is 3.62. The molecular weight excluding hydrogens is 346 g/mol. The van der Waals surface area contributed by atoms with Crippen LogP contribution in [0.25, 0.3) is 0 Å². The first-order chi connectivity index (χ1) is 11.5. The van der Waals surface area contributed by atoms with Gasteiger partial charge >= 0.3 is 0 Å². The SMILES string of the molecule is Cn1ccsc1=NC(=O)C1CCCN(C(=O)c2ccc(Cl)cc2)C1. The minimum absolute atomic E-state index is 0.0640. The van der Waals surface area contributed by atoms with E-state index in [2.05, 4.69) is 4.99 Å². The molecule has 1 atom stereocenters. The third-order valence-electron chi connectivity index (χ3n) is 4.11. The van der Waals surface area contributed by atoms with E-state index in [-0.39, 0.29) is 17.7 Å². The Morgan fingerprint density at radius 3 is 2.71 bits per heavy atom. The molecule has 2 aromatic rings. The van der Waals surface area contributed by atoms with Gasteiger partial charge in [0.05, 0.1) is 5.92 Å². The molecule has 1 fully saturated rings. The fourth-order valence-electron chi connectivity index (χ4n) is 2.76. The second-order valence-corrected chi connectivity index (χ2v) is 7.15. The highest BCUT2D eigenvalue weighted by atomic mass is 35.5. The quantitative estimate of drug-likeness (QED) is 0.823. The number of thiazole rings is 1. The van der Waals surface area contributed by atoms with Crippen molar-refractivity contribution in [3.05, 3.63) is 51.2 Å². The molecule has 0 bridgehead atoms. The molecule has 2 heterocycles. The summed E-state index contributed by atoms with van der Waals surface area (Å²) in [5.74, 6) is -0.454. The Labute approximate surface area is 149 Å². The molecule has 1 aliphatic rings. The van der Waals surface area contributed by atoms with E-state index in [9.17, 15) is 9.59 Å². The molecule has 2 amide bonds. The van der Waals surface area contributed by atoms with E-state index in [4.69, 9.17) is 11.6 Å². The number of hydrogen-bond acceptors (Lipinski definition) is 3. The number of nitrogens with zero attached hydrogens (tertiary/aromatic N) is 3. The Bertz CT molecular complexity index is 810. The summed E-state index contributed by atoms with van der Waals surface area (Å²) in [6.45, 7) is 1.08. The molecule has 0 spiro atoms. The minimum Gasteiger partial charge on any atom is -0.338 e. The number of amides is 2. The summed E-state index contributed by atoms with van der Waals surface area (Å²) in [6, 6.07) is 6.83. The molecule has 0 N–H and O–H groups in total. The molecule has 7 heteroatoms. The van der Waals surface area contributed by atoms with Crippen LogP contribution in [-0.4, -0.2) is 34.4 Å². The van der Waals surface area contributed by atoms with Crippen LogP contribution in [0.4, 0.5) is 0 Å². The number of halogens is 1. The van der Waals surface area contributed by atoms with Crippen molar-refractivity contribution in [2.24, 2.45) is 18.0 Å². The smallest absolute Gasteiger partial charge is 0.253 e. The summed E-state index contributed by atoms with van der Waals surface area (Å²) < 4.78 is 1.82. The lowest BCUT2D eigenvalue weighted by atomic mass is 9.97. The van der Waals surface area contributed by atoms with Gasteiger partial charge in [0, 0.05) is 42.3 Å². The molecule has 0 radical (unpaired) electrons. The second-order valence-electron chi connectivity index (χ2n) is 5.84. The molecule has 0 aliphatic carbocycles. The lowest BCUT2D eigenvalue weighted by Gasteiger charge is -2.31. The van der Waals surface area contributed by atoms with E-state index in [0.717, 1.165) is 12.8 Å². The Morgan fingerprint density at radius 1 is 1.29 bits per heavy atom. The van der Waals surface area contributed by atoms with Gasteiger partial charge in [0.15, 0.2) is 4.80 Å². The molecule has 126 valence electrons. The number of carbonyl (C=O) groups is 2. The average molecular weight is 364 g/mol. The van der Waals surface area contributed by atoms with Gasteiger partial charge in [0.25, 0.3) is 11.8 Å². The Morgan fingerprint density at radius 2 is 2.04 bits per heavy atom. The highest BCUT2D eigenvalue weighted by Gasteiger charge is 2.28. The van der Waals surface area contributed by atoms with Gasteiger partial charge in [-0.3, -0.25) is 9.59 Å². The third-order valence-corrected chi connectivity index (χ3v) is 5.21. The van der Waals surface area contributed by atoms with Gasteiger partial charge in [-0.2, -0.15) is 4.99 Å². The zero-order valence-electron chi connectivity index (χ0n) is 13.3. The third kappa shape index (κ3) is 3.76. The van der Waals surface area contributed by atoms with E-state index in [0.29, 0.717) is 28.5 Å². The number of aryl methyl sites for hydroxylation is 1. The van der Waals surface area contributed by atoms with E-state index in [1.165, 1.54) is 11.3 Å². The van der Waals surface area contributed by atoms with Crippen LogP contribution in [0.1, 0.15) is 23.2 Å². The minimum atomic E-state index is -0.239. The zero-order valence-corrected chi connectivity index (χ0v) is 14.9. The van der Waals surface area contributed by atoms with Crippen molar-refractivity contribution in [1.29, 1.82) is 0 Å². The monoisotopic (exact) mass is 363 g/mol. The van der Waals surface area contributed by atoms with Crippen molar-refractivity contribution < 1.29 is 9.59 Å². The van der Waals surface area contributed by atoms with Crippen LogP contribution < -0.4 is 4.80 Å². The molecule has 24 heavy (non-hydrogen) atoms. The molecule has 5 nitrogen and oxygen atoms in total. The van der Waals surface area contributed by atoms with Crippen LogP contribution in [-0.2, 0) is 11.8 Å². The maximum absolute atomic E-state index is 12.6. The predicted molar refractivity (Wildman–Crippen MR) is 93.9 cm³/mol. The molecule has 1 unspecified atom stereocenters. The number of piperidine rings is 1. The number of carbonyl (C=O) groups excluding carboxylic acids is 2. The highest BCUT2D eigenvalue weighted by Crippen LogP contribution is 2.20. The molecule has 0 saturated carbocycles. The first kappa shape index (κ1) is 16.9.